The van der Waals surface area contributed by atoms with Crippen LogP contribution in [0.1, 0.15) is 5.82 Å². The van der Waals surface area contributed by atoms with Crippen LogP contribution in [0, 0.1) is 11.8 Å². The molecule has 0 aliphatic carbocycles. The third kappa shape index (κ3) is 2.98. The molecule has 1 aromatic carbocycles. The highest BCUT2D eigenvalue weighted by atomic mass is 19.4. The molecule has 100 valence electrons. The fourth-order valence-electron chi connectivity index (χ4n) is 1.62. The zero-order valence-corrected chi connectivity index (χ0v) is 9.95. The predicted octanol–water partition coefficient (Wildman–Crippen LogP) is 1.78. The third-order valence-electron chi connectivity index (χ3n) is 2.39. The van der Waals surface area contributed by atoms with Crippen LogP contribution >= 0.6 is 0 Å². The first-order valence-electron chi connectivity index (χ1n) is 5.32. The van der Waals surface area contributed by atoms with Gasteiger partial charge in [0.2, 0.25) is 0 Å². The predicted molar refractivity (Wildman–Crippen MR) is 63.3 cm³/mol. The Morgan fingerprint density at radius 1 is 1.42 bits per heavy atom. The molecular formula is C12H10F3N3O. The normalized spacial score (nSPS) is 11.2. The van der Waals surface area contributed by atoms with Crippen LogP contribution in [0.3, 0.4) is 0 Å². The average Bonchev–Trinajstić information content (AvgIpc) is 2.61. The van der Waals surface area contributed by atoms with Crippen molar-refractivity contribution in [3.63, 3.8) is 0 Å². The van der Waals surface area contributed by atoms with E-state index in [9.17, 15) is 13.2 Å². The van der Waals surface area contributed by atoms with Gasteiger partial charge in [0.25, 0.3) is 0 Å². The second-order valence-electron chi connectivity index (χ2n) is 3.70. The van der Waals surface area contributed by atoms with Crippen LogP contribution < -0.4 is 10.5 Å². The van der Waals surface area contributed by atoms with E-state index in [1.54, 1.807) is 11.6 Å². The first kappa shape index (κ1) is 13.2. The van der Waals surface area contributed by atoms with Crippen molar-refractivity contribution in [1.82, 2.24) is 9.55 Å². The number of nitrogens with zero attached hydrogens (tertiary/aromatic N) is 2. The molecule has 2 N–H and O–H groups in total. The number of fused-ring (bicyclic) bond motifs is 1. The SMILES string of the molecule is Cn1c(C#CCN)nc2cc(OC(F)(F)F)ccc21. The van der Waals surface area contributed by atoms with Gasteiger partial charge in [0.15, 0.2) is 5.82 Å². The van der Waals surface area contributed by atoms with Crippen LogP contribution in [-0.4, -0.2) is 22.5 Å². The fraction of sp³-hybridized carbons (Fsp3) is 0.250. The van der Waals surface area contributed by atoms with Crippen LogP contribution in [0.15, 0.2) is 18.2 Å². The number of hydrogen-bond donors (Lipinski definition) is 1. The lowest BCUT2D eigenvalue weighted by atomic mass is 10.3. The van der Waals surface area contributed by atoms with Crippen molar-refractivity contribution >= 4 is 11.0 Å². The van der Waals surface area contributed by atoms with Crippen LogP contribution in [0.5, 0.6) is 5.75 Å². The molecule has 7 heteroatoms. The molecule has 0 atom stereocenters. The smallest absolute Gasteiger partial charge is 0.406 e. The highest BCUT2D eigenvalue weighted by Crippen LogP contribution is 2.26. The van der Waals surface area contributed by atoms with Gasteiger partial charge in [-0.05, 0) is 18.1 Å². The lowest BCUT2D eigenvalue weighted by Crippen LogP contribution is -2.16. The molecule has 1 heterocycles. The van der Waals surface area contributed by atoms with Crippen molar-refractivity contribution in [3.8, 4) is 17.6 Å². The van der Waals surface area contributed by atoms with E-state index in [4.69, 9.17) is 5.73 Å². The van der Waals surface area contributed by atoms with E-state index in [1.165, 1.54) is 18.2 Å². The molecule has 0 unspecified atom stereocenters. The number of benzene rings is 1. The van der Waals surface area contributed by atoms with Gasteiger partial charge < -0.3 is 15.0 Å². The minimum atomic E-state index is -4.72. The van der Waals surface area contributed by atoms with Gasteiger partial charge in [0.05, 0.1) is 17.6 Å². The molecule has 0 saturated carbocycles. The number of imidazole rings is 1. The highest BCUT2D eigenvalue weighted by molar-refractivity contribution is 5.78. The Morgan fingerprint density at radius 3 is 2.79 bits per heavy atom. The number of rotatable bonds is 1. The van der Waals surface area contributed by atoms with Gasteiger partial charge in [0.1, 0.15) is 5.75 Å². The lowest BCUT2D eigenvalue weighted by molar-refractivity contribution is -0.274. The van der Waals surface area contributed by atoms with Gasteiger partial charge in [-0.15, -0.1) is 13.2 Å². The van der Waals surface area contributed by atoms with E-state index in [0.717, 1.165) is 0 Å². The molecule has 0 amide bonds. The van der Waals surface area contributed by atoms with E-state index in [0.29, 0.717) is 16.9 Å². The van der Waals surface area contributed by atoms with Crippen molar-refractivity contribution in [1.29, 1.82) is 0 Å². The monoisotopic (exact) mass is 269 g/mol. The molecule has 1 aromatic heterocycles. The van der Waals surface area contributed by atoms with Gasteiger partial charge in [0, 0.05) is 13.1 Å². The fourth-order valence-corrected chi connectivity index (χ4v) is 1.62. The van der Waals surface area contributed by atoms with E-state index >= 15 is 0 Å². The van der Waals surface area contributed by atoms with Crippen LogP contribution in [0.2, 0.25) is 0 Å². The molecule has 0 spiro atoms. The summed E-state index contributed by atoms with van der Waals surface area (Å²) in [5.41, 5.74) is 6.30. The zero-order valence-electron chi connectivity index (χ0n) is 9.95. The number of halogens is 3. The summed E-state index contributed by atoms with van der Waals surface area (Å²) in [5, 5.41) is 0. The van der Waals surface area contributed by atoms with Crippen LogP contribution in [0.4, 0.5) is 13.2 Å². The number of alkyl halides is 3. The van der Waals surface area contributed by atoms with Gasteiger partial charge in [-0.1, -0.05) is 5.92 Å². The Labute approximate surface area is 107 Å². The van der Waals surface area contributed by atoms with Crippen molar-refractivity contribution in [2.75, 3.05) is 6.54 Å². The molecule has 4 nitrogen and oxygen atoms in total. The maximum Gasteiger partial charge on any atom is 0.573 e. The van der Waals surface area contributed by atoms with Crippen molar-refractivity contribution < 1.29 is 17.9 Å². The Hall–Kier alpha value is -2.20. The summed E-state index contributed by atoms with van der Waals surface area (Å²) in [6, 6.07) is 3.95. The number of hydrogen-bond acceptors (Lipinski definition) is 3. The summed E-state index contributed by atoms with van der Waals surface area (Å²) in [6.07, 6.45) is -4.72. The van der Waals surface area contributed by atoms with Crippen molar-refractivity contribution in [2.45, 2.75) is 6.36 Å². The lowest BCUT2D eigenvalue weighted by Gasteiger charge is -2.08. The second-order valence-corrected chi connectivity index (χ2v) is 3.70. The third-order valence-corrected chi connectivity index (χ3v) is 2.39. The minimum Gasteiger partial charge on any atom is -0.406 e. The number of aryl methyl sites for hydroxylation is 1. The largest absolute Gasteiger partial charge is 0.573 e. The van der Waals surface area contributed by atoms with Crippen LogP contribution in [0.25, 0.3) is 11.0 Å². The van der Waals surface area contributed by atoms with E-state index in [-0.39, 0.29) is 12.3 Å². The Bertz CT molecular complexity index is 664. The molecule has 0 radical (unpaired) electrons. The Morgan fingerprint density at radius 2 is 2.16 bits per heavy atom. The summed E-state index contributed by atoms with van der Waals surface area (Å²) >= 11 is 0. The van der Waals surface area contributed by atoms with Gasteiger partial charge in [-0.25, -0.2) is 4.98 Å². The first-order valence-corrected chi connectivity index (χ1v) is 5.32. The molecular weight excluding hydrogens is 259 g/mol. The second kappa shape index (κ2) is 4.82. The molecule has 0 saturated heterocycles. The van der Waals surface area contributed by atoms with E-state index < -0.39 is 6.36 Å². The molecule has 0 fully saturated rings. The molecule has 0 aliphatic rings. The van der Waals surface area contributed by atoms with Gasteiger partial charge in [-0.3, -0.25) is 0 Å². The topological polar surface area (TPSA) is 53.1 Å². The minimum absolute atomic E-state index is 0.186. The van der Waals surface area contributed by atoms with Crippen LogP contribution in [-0.2, 0) is 7.05 Å². The summed E-state index contributed by atoms with van der Waals surface area (Å²) in [6.45, 7) is 0.186. The first-order chi connectivity index (χ1) is 8.90. The highest BCUT2D eigenvalue weighted by Gasteiger charge is 2.31. The molecule has 0 bridgehead atoms. The number of nitrogens with two attached hydrogens (primary N) is 1. The molecule has 0 aliphatic heterocycles. The summed E-state index contributed by atoms with van der Waals surface area (Å²) in [5.74, 6) is 5.51. The summed E-state index contributed by atoms with van der Waals surface area (Å²) in [7, 11) is 1.72. The number of aromatic nitrogens is 2. The van der Waals surface area contributed by atoms with Crippen molar-refractivity contribution in [3.05, 3.63) is 24.0 Å². The Kier molecular flexibility index (Phi) is 3.36. The van der Waals surface area contributed by atoms with E-state index in [1.807, 2.05) is 0 Å². The standard InChI is InChI=1S/C12H10F3N3O/c1-18-10-5-4-8(19-12(13,14)15)7-9(10)17-11(18)3-2-6-16/h4-5,7H,6,16H2,1H3. The Balaban J connectivity index is 2.44. The average molecular weight is 269 g/mol. The quantitative estimate of drug-likeness (QED) is 0.803. The van der Waals surface area contributed by atoms with E-state index in [2.05, 4.69) is 21.6 Å². The summed E-state index contributed by atoms with van der Waals surface area (Å²) in [4.78, 5) is 4.13. The molecule has 2 aromatic rings. The van der Waals surface area contributed by atoms with Crippen molar-refractivity contribution in [2.24, 2.45) is 12.8 Å². The maximum atomic E-state index is 12.1. The zero-order chi connectivity index (χ0) is 14.0. The van der Waals surface area contributed by atoms with Gasteiger partial charge in [-0.2, -0.15) is 0 Å². The summed E-state index contributed by atoms with van der Waals surface area (Å²) < 4.78 is 41.8. The van der Waals surface area contributed by atoms with Gasteiger partial charge >= 0.3 is 6.36 Å². The molecule has 19 heavy (non-hydrogen) atoms. The molecule has 2 rings (SSSR count). The number of ether oxygens (including phenoxy) is 1. The maximum absolute atomic E-state index is 12.1.